The molecule has 0 bridgehead atoms. The summed E-state index contributed by atoms with van der Waals surface area (Å²) in [6.07, 6.45) is 2.77. The van der Waals surface area contributed by atoms with E-state index in [0.717, 1.165) is 22.9 Å². The van der Waals surface area contributed by atoms with Crippen molar-refractivity contribution < 1.29 is 9.90 Å². The second-order valence-electron chi connectivity index (χ2n) is 8.63. The van der Waals surface area contributed by atoms with Crippen LogP contribution in [0.5, 0.6) is 0 Å². The van der Waals surface area contributed by atoms with Gasteiger partial charge in [-0.2, -0.15) is 0 Å². The van der Waals surface area contributed by atoms with Crippen molar-refractivity contribution in [1.82, 2.24) is 4.90 Å². The van der Waals surface area contributed by atoms with Crippen LogP contribution in [0.3, 0.4) is 0 Å². The summed E-state index contributed by atoms with van der Waals surface area (Å²) in [6, 6.07) is 18.6. The van der Waals surface area contributed by atoms with E-state index in [1.807, 2.05) is 49.1 Å². The van der Waals surface area contributed by atoms with Crippen molar-refractivity contribution in [2.45, 2.75) is 63.5 Å². The van der Waals surface area contributed by atoms with Crippen LogP contribution >= 0.6 is 15.9 Å². The van der Waals surface area contributed by atoms with E-state index in [-0.39, 0.29) is 17.4 Å². The molecule has 0 radical (unpaired) electrons. The number of carbonyl (C=O) groups is 1. The number of hydrogen-bond acceptors (Lipinski definition) is 2. The first-order valence-corrected chi connectivity index (χ1v) is 10.9. The number of carbonyl (C=O) groups excluding carboxylic acids is 1. The summed E-state index contributed by atoms with van der Waals surface area (Å²) in [6.45, 7) is 6.52. The number of aliphatic hydroxyl groups is 1. The van der Waals surface area contributed by atoms with Gasteiger partial charge in [-0.15, -0.1) is 0 Å². The van der Waals surface area contributed by atoms with Crippen LogP contribution in [0.1, 0.15) is 63.6 Å². The minimum absolute atomic E-state index is 0.0940. The van der Waals surface area contributed by atoms with Gasteiger partial charge in [0.2, 0.25) is 5.91 Å². The lowest BCUT2D eigenvalue weighted by atomic mass is 9.66. The Bertz CT molecular complexity index is 798. The summed E-state index contributed by atoms with van der Waals surface area (Å²) in [5.74, 6) is 0.175. The minimum atomic E-state index is -0.825. The fourth-order valence-corrected chi connectivity index (χ4v) is 4.97. The van der Waals surface area contributed by atoms with E-state index >= 15 is 0 Å². The number of amides is 1. The third-order valence-electron chi connectivity index (χ3n) is 5.82. The third kappa shape index (κ3) is 4.66. The molecule has 1 saturated heterocycles. The van der Waals surface area contributed by atoms with E-state index in [1.165, 1.54) is 5.56 Å². The SMILES string of the molecule is CC[C@@H](c1ccc(Br)cc1)N1CC[C@@](CC(C)(C)O)(c2ccccc2)CC1=O. The van der Waals surface area contributed by atoms with Gasteiger partial charge in [0, 0.05) is 22.9 Å². The fraction of sp³-hybridized carbons (Fsp3) is 0.458. The summed E-state index contributed by atoms with van der Waals surface area (Å²) in [5, 5.41) is 10.6. The minimum Gasteiger partial charge on any atom is -0.390 e. The van der Waals surface area contributed by atoms with Crippen LogP contribution in [-0.4, -0.2) is 28.1 Å². The molecule has 1 aliphatic heterocycles. The summed E-state index contributed by atoms with van der Waals surface area (Å²) < 4.78 is 1.05. The average molecular weight is 444 g/mol. The van der Waals surface area contributed by atoms with Crippen LogP contribution in [0.4, 0.5) is 0 Å². The Hall–Kier alpha value is -1.65. The molecule has 0 aromatic heterocycles. The number of rotatable bonds is 6. The molecule has 0 unspecified atom stereocenters. The lowest BCUT2D eigenvalue weighted by Gasteiger charge is -2.46. The predicted molar refractivity (Wildman–Crippen MR) is 117 cm³/mol. The zero-order chi connectivity index (χ0) is 20.4. The Balaban J connectivity index is 1.88. The van der Waals surface area contributed by atoms with Crippen LogP contribution in [0.25, 0.3) is 0 Å². The van der Waals surface area contributed by atoms with Gasteiger partial charge < -0.3 is 10.0 Å². The second-order valence-corrected chi connectivity index (χ2v) is 9.54. The van der Waals surface area contributed by atoms with Gasteiger partial charge in [0.25, 0.3) is 0 Å². The molecule has 2 aromatic carbocycles. The van der Waals surface area contributed by atoms with Gasteiger partial charge in [-0.05, 0) is 56.4 Å². The highest BCUT2D eigenvalue weighted by molar-refractivity contribution is 9.10. The van der Waals surface area contributed by atoms with Gasteiger partial charge in [-0.1, -0.05) is 65.3 Å². The van der Waals surface area contributed by atoms with Gasteiger partial charge in [0.1, 0.15) is 0 Å². The van der Waals surface area contributed by atoms with E-state index in [0.29, 0.717) is 19.4 Å². The summed E-state index contributed by atoms with van der Waals surface area (Å²) in [7, 11) is 0. The smallest absolute Gasteiger partial charge is 0.223 e. The van der Waals surface area contributed by atoms with E-state index in [2.05, 4.69) is 47.1 Å². The molecule has 4 heteroatoms. The molecule has 3 rings (SSSR count). The van der Waals surface area contributed by atoms with Crippen molar-refractivity contribution in [3.8, 4) is 0 Å². The fourth-order valence-electron chi connectivity index (χ4n) is 4.71. The Morgan fingerprint density at radius 1 is 1.14 bits per heavy atom. The maximum Gasteiger partial charge on any atom is 0.223 e. The van der Waals surface area contributed by atoms with E-state index < -0.39 is 5.60 Å². The standard InChI is InChI=1S/C24H30BrNO2/c1-4-21(18-10-12-20(25)13-11-18)26-15-14-24(16-22(26)27,17-23(2,3)28)19-8-6-5-7-9-19/h5-13,21,28H,4,14-17H2,1-3H3/t21-,24+/m0/s1. The van der Waals surface area contributed by atoms with Gasteiger partial charge in [-0.25, -0.2) is 0 Å². The molecule has 28 heavy (non-hydrogen) atoms. The van der Waals surface area contributed by atoms with Crippen molar-refractivity contribution in [1.29, 1.82) is 0 Å². The monoisotopic (exact) mass is 443 g/mol. The number of nitrogens with zero attached hydrogens (tertiary/aromatic N) is 1. The molecule has 2 aromatic rings. The quantitative estimate of drug-likeness (QED) is 0.628. The first-order valence-electron chi connectivity index (χ1n) is 10.1. The maximum absolute atomic E-state index is 13.3. The van der Waals surface area contributed by atoms with Gasteiger partial charge in [-0.3, -0.25) is 4.79 Å². The molecule has 3 nitrogen and oxygen atoms in total. The molecule has 150 valence electrons. The highest BCUT2D eigenvalue weighted by Crippen LogP contribution is 2.44. The topological polar surface area (TPSA) is 40.5 Å². The molecule has 2 atom stereocenters. The van der Waals surface area contributed by atoms with Crippen LogP contribution in [0.15, 0.2) is 59.1 Å². The summed E-state index contributed by atoms with van der Waals surface area (Å²) in [4.78, 5) is 15.4. The molecule has 0 aliphatic carbocycles. The van der Waals surface area contributed by atoms with Crippen molar-refractivity contribution in [3.05, 3.63) is 70.2 Å². The molecule has 0 spiro atoms. The Morgan fingerprint density at radius 3 is 2.32 bits per heavy atom. The van der Waals surface area contributed by atoms with Gasteiger partial charge >= 0.3 is 0 Å². The zero-order valence-corrected chi connectivity index (χ0v) is 18.6. The number of hydrogen-bond donors (Lipinski definition) is 1. The maximum atomic E-state index is 13.3. The molecule has 1 heterocycles. The molecular weight excluding hydrogens is 414 g/mol. The van der Waals surface area contributed by atoms with Crippen molar-refractivity contribution in [3.63, 3.8) is 0 Å². The van der Waals surface area contributed by atoms with E-state index in [4.69, 9.17) is 0 Å². The number of piperidine rings is 1. The zero-order valence-electron chi connectivity index (χ0n) is 17.0. The Kier molecular flexibility index (Phi) is 6.31. The molecule has 0 saturated carbocycles. The summed E-state index contributed by atoms with van der Waals surface area (Å²) >= 11 is 3.49. The van der Waals surface area contributed by atoms with Crippen molar-refractivity contribution in [2.24, 2.45) is 0 Å². The second kappa shape index (κ2) is 8.38. The van der Waals surface area contributed by atoms with Crippen LogP contribution in [0.2, 0.25) is 0 Å². The van der Waals surface area contributed by atoms with Crippen LogP contribution in [0, 0.1) is 0 Å². The average Bonchev–Trinajstić information content (AvgIpc) is 2.65. The van der Waals surface area contributed by atoms with Crippen LogP contribution < -0.4 is 0 Å². The number of benzene rings is 2. The highest BCUT2D eigenvalue weighted by atomic mass is 79.9. The van der Waals surface area contributed by atoms with Crippen LogP contribution in [-0.2, 0) is 10.2 Å². The van der Waals surface area contributed by atoms with Crippen molar-refractivity contribution in [2.75, 3.05) is 6.54 Å². The molecule has 1 amide bonds. The third-order valence-corrected chi connectivity index (χ3v) is 6.34. The highest BCUT2D eigenvalue weighted by Gasteiger charge is 2.44. The normalized spacial score (nSPS) is 21.6. The largest absolute Gasteiger partial charge is 0.390 e. The first kappa shape index (κ1) is 21.1. The predicted octanol–water partition coefficient (Wildman–Crippen LogP) is 5.62. The Labute approximate surface area is 176 Å². The molecule has 1 N–H and O–H groups in total. The first-order chi connectivity index (χ1) is 13.2. The number of likely N-dealkylation sites (tertiary alicyclic amines) is 1. The van der Waals surface area contributed by atoms with Gasteiger partial charge in [0.15, 0.2) is 0 Å². The van der Waals surface area contributed by atoms with E-state index in [9.17, 15) is 9.90 Å². The lowest BCUT2D eigenvalue weighted by molar-refractivity contribution is -0.140. The molecular formula is C24H30BrNO2. The lowest BCUT2D eigenvalue weighted by Crippen LogP contribution is -2.50. The van der Waals surface area contributed by atoms with E-state index in [1.54, 1.807) is 0 Å². The van der Waals surface area contributed by atoms with Gasteiger partial charge in [0.05, 0.1) is 11.6 Å². The molecule has 1 fully saturated rings. The Morgan fingerprint density at radius 2 is 1.79 bits per heavy atom. The number of halogens is 1. The molecule has 1 aliphatic rings. The summed E-state index contributed by atoms with van der Waals surface area (Å²) in [5.41, 5.74) is 1.19. The van der Waals surface area contributed by atoms with Crippen molar-refractivity contribution >= 4 is 21.8 Å².